The van der Waals surface area contributed by atoms with E-state index < -0.39 is 18.1 Å². The lowest BCUT2D eigenvalue weighted by Gasteiger charge is -2.19. The molecule has 1 heterocycles. The highest BCUT2D eigenvalue weighted by Gasteiger charge is 2.25. The Balaban J connectivity index is 1.89. The van der Waals surface area contributed by atoms with Crippen LogP contribution in [0.1, 0.15) is 16.9 Å². The molecule has 0 saturated carbocycles. The van der Waals surface area contributed by atoms with Crippen LogP contribution < -0.4 is 11.1 Å². The molecule has 0 fully saturated rings. The maximum absolute atomic E-state index is 12.4. The molecule has 3 N–H and O–H groups in total. The number of benzene rings is 1. The molecule has 0 unspecified atom stereocenters. The maximum Gasteiger partial charge on any atom is 0.329 e. The molecule has 1 aromatic heterocycles. The van der Waals surface area contributed by atoms with E-state index in [9.17, 15) is 9.59 Å². The minimum atomic E-state index is -0.688. The highest BCUT2D eigenvalue weighted by atomic mass is 32.2. The van der Waals surface area contributed by atoms with Crippen molar-refractivity contribution in [3.05, 3.63) is 58.3 Å². The van der Waals surface area contributed by atoms with Crippen molar-refractivity contribution >= 4 is 35.0 Å². The summed E-state index contributed by atoms with van der Waals surface area (Å²) in [5.74, 6) is -0.0216. The van der Waals surface area contributed by atoms with Crippen molar-refractivity contribution in [2.75, 3.05) is 12.0 Å². The van der Waals surface area contributed by atoms with E-state index in [4.69, 9.17) is 10.5 Å². The summed E-state index contributed by atoms with van der Waals surface area (Å²) in [5.41, 5.74) is 6.90. The zero-order chi connectivity index (χ0) is 18.8. The van der Waals surface area contributed by atoms with Gasteiger partial charge in [0.15, 0.2) is 0 Å². The first-order valence-corrected chi connectivity index (χ1v) is 10.7. The van der Waals surface area contributed by atoms with Gasteiger partial charge in [-0.15, -0.1) is 11.3 Å². The summed E-state index contributed by atoms with van der Waals surface area (Å²) in [6, 6.07) is 11.9. The standard InChI is InChI=1S/C19H24N2O3S2/c1-25-11-9-17(19(23)24-13-14-6-3-2-4-7-14)21-18(22)16(20)12-15-8-5-10-26-15/h2-8,10,16-17H,9,11-13,20H2,1H3,(H,21,22)/t16-,17-/m0/s1. The van der Waals surface area contributed by atoms with E-state index in [0.717, 1.165) is 16.2 Å². The van der Waals surface area contributed by atoms with Crippen LogP contribution in [0.3, 0.4) is 0 Å². The molecule has 5 nitrogen and oxygen atoms in total. The first kappa shape index (κ1) is 20.5. The lowest BCUT2D eigenvalue weighted by atomic mass is 10.1. The van der Waals surface area contributed by atoms with Gasteiger partial charge in [0.1, 0.15) is 12.6 Å². The quantitative estimate of drug-likeness (QED) is 0.608. The van der Waals surface area contributed by atoms with Crippen LogP contribution in [0.5, 0.6) is 0 Å². The molecule has 2 aromatic rings. The third-order valence-corrected chi connectivity index (χ3v) is 5.32. The molecule has 0 aliphatic carbocycles. The van der Waals surface area contributed by atoms with E-state index >= 15 is 0 Å². The molecule has 2 atom stereocenters. The second-order valence-corrected chi connectivity index (χ2v) is 7.84. The molecule has 1 amide bonds. The number of rotatable bonds is 10. The zero-order valence-electron chi connectivity index (χ0n) is 14.7. The predicted molar refractivity (Wildman–Crippen MR) is 107 cm³/mol. The minimum Gasteiger partial charge on any atom is -0.459 e. The van der Waals surface area contributed by atoms with Gasteiger partial charge in [0.05, 0.1) is 6.04 Å². The summed E-state index contributed by atoms with van der Waals surface area (Å²) in [5, 5.41) is 4.70. The van der Waals surface area contributed by atoms with E-state index in [2.05, 4.69) is 5.32 Å². The van der Waals surface area contributed by atoms with E-state index in [-0.39, 0.29) is 12.5 Å². The number of thiophene rings is 1. The lowest BCUT2D eigenvalue weighted by molar-refractivity contribution is -0.149. The van der Waals surface area contributed by atoms with Gasteiger partial charge in [-0.3, -0.25) is 4.79 Å². The molecule has 0 bridgehead atoms. The summed E-state index contributed by atoms with van der Waals surface area (Å²) in [7, 11) is 0. The van der Waals surface area contributed by atoms with Crippen LogP contribution in [0.25, 0.3) is 0 Å². The van der Waals surface area contributed by atoms with Gasteiger partial charge in [-0.05, 0) is 35.4 Å². The predicted octanol–water partition coefficient (Wildman–Crippen LogP) is 2.60. The number of carbonyl (C=O) groups is 2. The number of esters is 1. The molecule has 0 saturated heterocycles. The Hall–Kier alpha value is -1.83. The van der Waals surface area contributed by atoms with Crippen LogP contribution >= 0.6 is 23.1 Å². The number of amides is 1. The second-order valence-electron chi connectivity index (χ2n) is 5.83. The van der Waals surface area contributed by atoms with Gasteiger partial charge in [0, 0.05) is 11.3 Å². The van der Waals surface area contributed by atoms with Crippen LogP contribution in [0.4, 0.5) is 0 Å². The van der Waals surface area contributed by atoms with Crippen molar-refractivity contribution in [1.29, 1.82) is 0 Å². The van der Waals surface area contributed by atoms with E-state index in [1.54, 1.807) is 23.1 Å². The fourth-order valence-corrected chi connectivity index (χ4v) is 3.57. The number of carbonyl (C=O) groups excluding carboxylic acids is 2. The number of thioether (sulfide) groups is 1. The van der Waals surface area contributed by atoms with Crippen LogP contribution in [-0.2, 0) is 27.4 Å². The van der Waals surface area contributed by atoms with Crippen LogP contribution in [0, 0.1) is 0 Å². The number of hydrogen-bond acceptors (Lipinski definition) is 6. The summed E-state index contributed by atoms with van der Waals surface area (Å²) < 4.78 is 5.37. The van der Waals surface area contributed by atoms with Gasteiger partial charge < -0.3 is 15.8 Å². The van der Waals surface area contributed by atoms with Gasteiger partial charge in [-0.1, -0.05) is 36.4 Å². The summed E-state index contributed by atoms with van der Waals surface area (Å²) >= 11 is 3.17. The fourth-order valence-electron chi connectivity index (χ4n) is 2.33. The number of ether oxygens (including phenoxy) is 1. The third-order valence-electron chi connectivity index (χ3n) is 3.77. The van der Waals surface area contributed by atoms with Crippen LogP contribution in [-0.4, -0.2) is 36.0 Å². The molecule has 0 spiro atoms. The molecule has 140 valence electrons. The third kappa shape index (κ3) is 6.82. The largest absolute Gasteiger partial charge is 0.459 e. The van der Waals surface area contributed by atoms with E-state index in [1.807, 2.05) is 54.1 Å². The Bertz CT molecular complexity index is 677. The average Bonchev–Trinajstić information content (AvgIpc) is 3.16. The summed E-state index contributed by atoms with van der Waals surface area (Å²) in [6.07, 6.45) is 2.92. The minimum absolute atomic E-state index is 0.187. The zero-order valence-corrected chi connectivity index (χ0v) is 16.4. The smallest absolute Gasteiger partial charge is 0.329 e. The highest BCUT2D eigenvalue weighted by molar-refractivity contribution is 7.98. The Morgan fingerprint density at radius 2 is 2.00 bits per heavy atom. The molecule has 26 heavy (non-hydrogen) atoms. The molecule has 1 aromatic carbocycles. The molecule has 0 aliphatic rings. The second kappa shape index (κ2) is 11.0. The Morgan fingerprint density at radius 3 is 2.65 bits per heavy atom. The van der Waals surface area contributed by atoms with Crippen LogP contribution in [0.15, 0.2) is 47.8 Å². The van der Waals surface area contributed by atoms with Crippen molar-refractivity contribution in [1.82, 2.24) is 5.32 Å². The van der Waals surface area contributed by atoms with Crippen molar-refractivity contribution < 1.29 is 14.3 Å². The highest BCUT2D eigenvalue weighted by Crippen LogP contribution is 2.11. The van der Waals surface area contributed by atoms with Crippen molar-refractivity contribution in [2.24, 2.45) is 5.73 Å². The number of nitrogens with one attached hydrogen (secondary N) is 1. The maximum atomic E-state index is 12.4. The lowest BCUT2D eigenvalue weighted by Crippen LogP contribution is -2.49. The van der Waals surface area contributed by atoms with Gasteiger partial charge >= 0.3 is 5.97 Å². The van der Waals surface area contributed by atoms with Crippen molar-refractivity contribution in [3.63, 3.8) is 0 Å². The SMILES string of the molecule is CSCC[C@H](NC(=O)[C@@H](N)Cc1cccs1)C(=O)OCc1ccccc1. The number of nitrogens with two attached hydrogens (primary N) is 1. The van der Waals surface area contributed by atoms with Crippen molar-refractivity contribution in [3.8, 4) is 0 Å². The van der Waals surface area contributed by atoms with Crippen molar-refractivity contribution in [2.45, 2.75) is 31.5 Å². The number of hydrogen-bond donors (Lipinski definition) is 2. The summed E-state index contributed by atoms with van der Waals surface area (Å²) in [6.45, 7) is 0.187. The molecular formula is C19H24N2O3S2. The van der Waals surface area contributed by atoms with Gasteiger partial charge in [-0.25, -0.2) is 4.79 Å². The van der Waals surface area contributed by atoms with E-state index in [1.165, 1.54) is 0 Å². The first-order chi connectivity index (χ1) is 12.6. The van der Waals surface area contributed by atoms with Gasteiger partial charge in [-0.2, -0.15) is 11.8 Å². The fraction of sp³-hybridized carbons (Fsp3) is 0.368. The topological polar surface area (TPSA) is 81.4 Å². The molecule has 0 aliphatic heterocycles. The van der Waals surface area contributed by atoms with E-state index in [0.29, 0.717) is 12.8 Å². The molecular weight excluding hydrogens is 368 g/mol. The molecule has 2 rings (SSSR count). The van der Waals surface area contributed by atoms with Gasteiger partial charge in [0.25, 0.3) is 0 Å². The van der Waals surface area contributed by atoms with Gasteiger partial charge in [0.2, 0.25) is 5.91 Å². The Morgan fingerprint density at radius 1 is 1.23 bits per heavy atom. The first-order valence-electron chi connectivity index (χ1n) is 8.38. The normalized spacial score (nSPS) is 13.0. The molecule has 7 heteroatoms. The molecule has 0 radical (unpaired) electrons. The van der Waals surface area contributed by atoms with Crippen LogP contribution in [0.2, 0.25) is 0 Å². The Labute approximate surface area is 162 Å². The average molecular weight is 393 g/mol. The summed E-state index contributed by atoms with van der Waals surface area (Å²) in [4.78, 5) is 25.8. The monoisotopic (exact) mass is 392 g/mol. The Kier molecular flexibility index (Phi) is 8.67.